The molecule has 0 bridgehead atoms. The Morgan fingerprint density at radius 1 is 0.968 bits per heavy atom. The average Bonchev–Trinajstić information content (AvgIpc) is 2.75. The summed E-state index contributed by atoms with van der Waals surface area (Å²) in [5, 5.41) is 9.83. The lowest BCUT2D eigenvalue weighted by atomic mass is 9.98. The largest absolute Gasteiger partial charge is 0.394 e. The van der Waals surface area contributed by atoms with Crippen molar-refractivity contribution in [2.75, 3.05) is 13.2 Å². The second-order valence-electron chi connectivity index (χ2n) is 7.21. The molecule has 1 heterocycles. The number of aliphatic hydroxyl groups excluding tert-OH is 1. The van der Waals surface area contributed by atoms with Gasteiger partial charge in [-0.05, 0) is 43.5 Å². The molecule has 0 aromatic heterocycles. The number of rotatable bonds is 9. The van der Waals surface area contributed by atoms with Crippen molar-refractivity contribution in [1.82, 2.24) is 9.44 Å². The Bertz CT molecular complexity index is 1080. The monoisotopic (exact) mass is 488 g/mol. The van der Waals surface area contributed by atoms with Crippen molar-refractivity contribution in [2.24, 2.45) is 0 Å². The summed E-state index contributed by atoms with van der Waals surface area (Å²) in [6.07, 6.45) is 0.310. The second-order valence-corrected chi connectivity index (χ2v) is 11.1. The molecule has 0 spiro atoms. The van der Waals surface area contributed by atoms with E-state index in [2.05, 4.69) is 9.44 Å². The van der Waals surface area contributed by atoms with Crippen LogP contribution in [0.1, 0.15) is 19.3 Å². The van der Waals surface area contributed by atoms with Crippen molar-refractivity contribution in [3.05, 3.63) is 59.6 Å². The van der Waals surface area contributed by atoms with Crippen LogP contribution in [-0.2, 0) is 24.8 Å². The Balaban J connectivity index is 1.55. The summed E-state index contributed by atoms with van der Waals surface area (Å²) < 4.78 is 60.9. The van der Waals surface area contributed by atoms with Gasteiger partial charge in [-0.15, -0.1) is 0 Å². The topological polar surface area (TPSA) is 122 Å². The first-order valence-corrected chi connectivity index (χ1v) is 13.2. The predicted octanol–water partition coefficient (Wildman–Crippen LogP) is 1.90. The van der Waals surface area contributed by atoms with E-state index in [4.69, 9.17) is 16.3 Å². The highest BCUT2D eigenvalue weighted by Crippen LogP contribution is 2.24. The van der Waals surface area contributed by atoms with Gasteiger partial charge in [0.1, 0.15) is 4.90 Å². The van der Waals surface area contributed by atoms with Gasteiger partial charge in [-0.1, -0.05) is 41.9 Å². The third kappa shape index (κ3) is 6.26. The van der Waals surface area contributed by atoms with E-state index < -0.39 is 32.2 Å². The molecule has 170 valence electrons. The molecule has 0 amide bonds. The van der Waals surface area contributed by atoms with Gasteiger partial charge in [0, 0.05) is 6.54 Å². The number of hydrogen-bond donors (Lipinski definition) is 3. The molecule has 1 aliphatic heterocycles. The fourth-order valence-electron chi connectivity index (χ4n) is 3.44. The molecule has 2 aromatic carbocycles. The minimum Gasteiger partial charge on any atom is -0.394 e. The summed E-state index contributed by atoms with van der Waals surface area (Å²) in [5.41, 5.74) is 0. The number of ether oxygens (including phenoxy) is 1. The molecular weight excluding hydrogens is 464 g/mol. The number of sulfonamides is 2. The molecule has 3 N–H and O–H groups in total. The zero-order valence-corrected chi connectivity index (χ0v) is 19.0. The number of benzene rings is 2. The molecule has 1 saturated heterocycles. The van der Waals surface area contributed by atoms with Crippen LogP contribution in [-0.4, -0.2) is 53.3 Å². The Kier molecular flexibility index (Phi) is 8.08. The van der Waals surface area contributed by atoms with E-state index in [9.17, 15) is 21.9 Å². The van der Waals surface area contributed by atoms with Crippen LogP contribution in [0.15, 0.2) is 64.4 Å². The summed E-state index contributed by atoms with van der Waals surface area (Å²) in [7, 11) is -7.49. The minimum atomic E-state index is -3.75. The summed E-state index contributed by atoms with van der Waals surface area (Å²) >= 11 is 5.96. The van der Waals surface area contributed by atoms with Gasteiger partial charge >= 0.3 is 0 Å². The van der Waals surface area contributed by atoms with Gasteiger partial charge in [-0.25, -0.2) is 26.3 Å². The SMILES string of the molecule is O=S(=O)(N[C@@H]1CC[C@@H](CCNS(=O)(=O)c2ccccc2Cl)O[C@@H]1CO)c1ccccc1. The third-order valence-corrected chi connectivity index (χ3v) is 8.51. The quantitative estimate of drug-likeness (QED) is 0.495. The van der Waals surface area contributed by atoms with Crippen LogP contribution in [0.5, 0.6) is 0 Å². The number of nitrogens with one attached hydrogen (secondary N) is 2. The zero-order valence-electron chi connectivity index (χ0n) is 16.6. The maximum Gasteiger partial charge on any atom is 0.242 e. The predicted molar refractivity (Wildman–Crippen MR) is 117 cm³/mol. The molecular formula is C20H25ClN2O6S2. The summed E-state index contributed by atoms with van der Waals surface area (Å²) in [6.45, 7) is -0.236. The molecule has 1 aliphatic rings. The minimum absolute atomic E-state index is 0.00449. The maximum atomic E-state index is 12.6. The van der Waals surface area contributed by atoms with E-state index in [1.54, 1.807) is 30.3 Å². The van der Waals surface area contributed by atoms with Gasteiger partial charge in [0.15, 0.2) is 0 Å². The molecule has 0 unspecified atom stereocenters. The molecule has 2 aromatic rings. The first kappa shape index (κ1) is 24.1. The smallest absolute Gasteiger partial charge is 0.242 e. The van der Waals surface area contributed by atoms with Crippen molar-refractivity contribution in [1.29, 1.82) is 0 Å². The van der Waals surface area contributed by atoms with Crippen molar-refractivity contribution in [3.8, 4) is 0 Å². The molecule has 3 atom stereocenters. The van der Waals surface area contributed by atoms with E-state index in [0.29, 0.717) is 19.3 Å². The Morgan fingerprint density at radius 2 is 1.65 bits per heavy atom. The van der Waals surface area contributed by atoms with E-state index in [-0.39, 0.29) is 34.1 Å². The highest BCUT2D eigenvalue weighted by atomic mass is 35.5. The van der Waals surface area contributed by atoms with Crippen molar-refractivity contribution < 1.29 is 26.7 Å². The molecule has 0 radical (unpaired) electrons. The van der Waals surface area contributed by atoms with E-state index in [1.165, 1.54) is 24.3 Å². The first-order chi connectivity index (χ1) is 14.7. The number of hydrogen-bond acceptors (Lipinski definition) is 6. The fourth-order valence-corrected chi connectivity index (χ4v) is 6.33. The van der Waals surface area contributed by atoms with Crippen LogP contribution in [0, 0.1) is 0 Å². The Morgan fingerprint density at radius 3 is 2.32 bits per heavy atom. The zero-order chi connectivity index (χ0) is 22.5. The lowest BCUT2D eigenvalue weighted by Crippen LogP contribution is -2.51. The number of halogens is 1. The summed E-state index contributed by atoms with van der Waals surface area (Å²) in [4.78, 5) is 0.146. The highest BCUT2D eigenvalue weighted by molar-refractivity contribution is 7.89. The van der Waals surface area contributed by atoms with Crippen LogP contribution in [0.2, 0.25) is 5.02 Å². The van der Waals surface area contributed by atoms with Gasteiger partial charge < -0.3 is 9.84 Å². The van der Waals surface area contributed by atoms with E-state index >= 15 is 0 Å². The van der Waals surface area contributed by atoms with Gasteiger partial charge in [0.25, 0.3) is 0 Å². The third-order valence-electron chi connectivity index (χ3n) is 5.04. The molecule has 3 rings (SSSR count). The van der Waals surface area contributed by atoms with Gasteiger partial charge in [0.05, 0.1) is 34.8 Å². The van der Waals surface area contributed by atoms with Crippen LogP contribution in [0.25, 0.3) is 0 Å². The molecule has 1 fully saturated rings. The second kappa shape index (κ2) is 10.4. The molecule has 11 heteroatoms. The fraction of sp³-hybridized carbons (Fsp3) is 0.400. The van der Waals surface area contributed by atoms with E-state index in [1.807, 2.05) is 0 Å². The summed E-state index contributed by atoms with van der Waals surface area (Å²) in [5.74, 6) is 0. The Labute approximate surface area is 187 Å². The lowest BCUT2D eigenvalue weighted by molar-refractivity contribution is -0.0869. The number of aliphatic hydroxyl groups is 1. The lowest BCUT2D eigenvalue weighted by Gasteiger charge is -2.36. The Hall–Kier alpha value is -1.53. The molecule has 0 aliphatic carbocycles. The molecule has 31 heavy (non-hydrogen) atoms. The van der Waals surface area contributed by atoms with Crippen molar-refractivity contribution in [3.63, 3.8) is 0 Å². The normalized spacial score (nSPS) is 22.3. The standard InChI is InChI=1S/C20H25ClN2O6S2/c21-17-8-4-5-9-20(17)31(27,28)22-13-12-15-10-11-18(19(14-24)29-15)23-30(25,26)16-6-2-1-3-7-16/h1-9,15,18-19,22-24H,10-14H2/t15-,18+,19+/m0/s1. The van der Waals surface area contributed by atoms with Crippen LogP contribution < -0.4 is 9.44 Å². The van der Waals surface area contributed by atoms with Gasteiger partial charge in [-0.2, -0.15) is 0 Å². The highest BCUT2D eigenvalue weighted by Gasteiger charge is 2.34. The van der Waals surface area contributed by atoms with Crippen LogP contribution in [0.3, 0.4) is 0 Å². The van der Waals surface area contributed by atoms with Crippen molar-refractivity contribution in [2.45, 2.75) is 47.3 Å². The van der Waals surface area contributed by atoms with E-state index in [0.717, 1.165) is 0 Å². The first-order valence-electron chi connectivity index (χ1n) is 9.81. The van der Waals surface area contributed by atoms with Crippen LogP contribution in [0.4, 0.5) is 0 Å². The molecule has 8 nitrogen and oxygen atoms in total. The van der Waals surface area contributed by atoms with Gasteiger partial charge in [0.2, 0.25) is 20.0 Å². The van der Waals surface area contributed by atoms with Crippen molar-refractivity contribution >= 4 is 31.6 Å². The van der Waals surface area contributed by atoms with Crippen LogP contribution >= 0.6 is 11.6 Å². The molecule has 0 saturated carbocycles. The summed E-state index contributed by atoms with van der Waals surface area (Å²) in [6, 6.07) is 13.6. The average molecular weight is 489 g/mol. The maximum absolute atomic E-state index is 12.6. The van der Waals surface area contributed by atoms with Gasteiger partial charge in [-0.3, -0.25) is 0 Å².